The third kappa shape index (κ3) is 5.04. The lowest BCUT2D eigenvalue weighted by molar-refractivity contribution is -0.139. The largest absolute Gasteiger partial charge is 0.497 e. The fourth-order valence-electron chi connectivity index (χ4n) is 4.33. The molecule has 1 aromatic heterocycles. The quantitative estimate of drug-likeness (QED) is 0.386. The molecule has 0 spiro atoms. The summed E-state index contributed by atoms with van der Waals surface area (Å²) in [7, 11) is 4.65. The Hall–Kier alpha value is -4.05. The number of methoxy groups -OCH3 is 3. The van der Waals surface area contributed by atoms with Gasteiger partial charge in [0.05, 0.1) is 50.3 Å². The van der Waals surface area contributed by atoms with Gasteiger partial charge < -0.3 is 23.7 Å². The molecule has 0 amide bonds. The summed E-state index contributed by atoms with van der Waals surface area (Å²) in [5, 5.41) is 0. The Labute approximate surface area is 224 Å². The van der Waals surface area contributed by atoms with Gasteiger partial charge in [-0.2, -0.15) is 0 Å². The molecule has 0 saturated heterocycles. The van der Waals surface area contributed by atoms with Crippen molar-refractivity contribution in [3.63, 3.8) is 0 Å². The molecule has 0 radical (unpaired) electrons. The number of hydrogen-bond donors (Lipinski definition) is 0. The number of esters is 1. The van der Waals surface area contributed by atoms with Crippen LogP contribution in [0.15, 0.2) is 57.5 Å². The fourth-order valence-corrected chi connectivity index (χ4v) is 5.38. The maximum atomic E-state index is 13.9. The van der Waals surface area contributed by atoms with E-state index in [0.29, 0.717) is 50.2 Å². The van der Waals surface area contributed by atoms with Gasteiger partial charge in [0.25, 0.3) is 5.56 Å². The predicted octanol–water partition coefficient (Wildman–Crippen LogP) is 3.22. The number of ether oxygens (including phenoxy) is 5. The monoisotopic (exact) mass is 538 g/mol. The zero-order valence-corrected chi connectivity index (χ0v) is 23.0. The van der Waals surface area contributed by atoms with Crippen molar-refractivity contribution in [2.45, 2.75) is 26.8 Å². The number of carbonyl (C=O) groups excluding carboxylic acids is 1. The van der Waals surface area contributed by atoms with E-state index in [0.717, 1.165) is 5.56 Å². The second-order valence-electron chi connectivity index (χ2n) is 8.25. The van der Waals surface area contributed by atoms with Crippen LogP contribution < -0.4 is 33.8 Å². The zero-order chi connectivity index (χ0) is 27.4. The Morgan fingerprint density at radius 2 is 1.76 bits per heavy atom. The van der Waals surface area contributed by atoms with E-state index in [1.54, 1.807) is 58.4 Å². The topological polar surface area (TPSA) is 97.6 Å². The van der Waals surface area contributed by atoms with E-state index in [1.165, 1.54) is 23.0 Å². The van der Waals surface area contributed by atoms with E-state index < -0.39 is 12.0 Å². The minimum absolute atomic E-state index is 0.187. The normalized spacial score (nSPS) is 15.0. The lowest BCUT2D eigenvalue weighted by Gasteiger charge is -2.26. The molecule has 0 unspecified atom stereocenters. The van der Waals surface area contributed by atoms with E-state index in [2.05, 4.69) is 4.99 Å². The molecule has 4 rings (SSSR count). The maximum Gasteiger partial charge on any atom is 0.338 e. The smallest absolute Gasteiger partial charge is 0.338 e. The number of rotatable bonds is 9. The molecule has 2 aromatic carbocycles. The number of carbonyl (C=O) groups is 1. The molecule has 1 atom stereocenters. The van der Waals surface area contributed by atoms with Crippen LogP contribution in [0.25, 0.3) is 6.08 Å². The minimum Gasteiger partial charge on any atom is -0.497 e. The molecule has 0 aliphatic carbocycles. The van der Waals surface area contributed by atoms with Gasteiger partial charge in [-0.05, 0) is 56.7 Å². The van der Waals surface area contributed by atoms with Gasteiger partial charge in [0.1, 0.15) is 17.5 Å². The van der Waals surface area contributed by atoms with Crippen molar-refractivity contribution >= 4 is 23.4 Å². The molecular formula is C28H30N2O7S. The molecule has 2 heterocycles. The van der Waals surface area contributed by atoms with Crippen molar-refractivity contribution < 1.29 is 28.5 Å². The van der Waals surface area contributed by atoms with Gasteiger partial charge in [-0.1, -0.05) is 17.4 Å². The van der Waals surface area contributed by atoms with E-state index in [9.17, 15) is 9.59 Å². The summed E-state index contributed by atoms with van der Waals surface area (Å²) in [6.45, 7) is 6.06. The van der Waals surface area contributed by atoms with Crippen molar-refractivity contribution in [1.82, 2.24) is 4.57 Å². The Morgan fingerprint density at radius 3 is 2.42 bits per heavy atom. The van der Waals surface area contributed by atoms with Gasteiger partial charge in [0, 0.05) is 11.6 Å². The summed E-state index contributed by atoms with van der Waals surface area (Å²) in [5.74, 6) is 1.70. The van der Waals surface area contributed by atoms with Gasteiger partial charge in [-0.15, -0.1) is 0 Å². The maximum absolute atomic E-state index is 13.9. The summed E-state index contributed by atoms with van der Waals surface area (Å²) in [6, 6.07) is 9.93. The van der Waals surface area contributed by atoms with Crippen molar-refractivity contribution in [1.29, 1.82) is 0 Å². The second kappa shape index (κ2) is 11.6. The van der Waals surface area contributed by atoms with Crippen LogP contribution >= 0.6 is 11.3 Å². The number of thiazole rings is 1. The number of fused-ring (bicyclic) bond motifs is 1. The molecule has 0 saturated carbocycles. The summed E-state index contributed by atoms with van der Waals surface area (Å²) < 4.78 is 29.4. The van der Waals surface area contributed by atoms with Crippen molar-refractivity contribution in [2.75, 3.05) is 34.5 Å². The molecule has 200 valence electrons. The first-order chi connectivity index (χ1) is 18.4. The number of aromatic nitrogens is 1. The highest BCUT2D eigenvalue weighted by molar-refractivity contribution is 7.07. The molecule has 0 fully saturated rings. The third-order valence-electron chi connectivity index (χ3n) is 6.04. The van der Waals surface area contributed by atoms with E-state index >= 15 is 0 Å². The highest BCUT2D eigenvalue weighted by Gasteiger charge is 2.35. The van der Waals surface area contributed by atoms with Gasteiger partial charge in [0.2, 0.25) is 0 Å². The predicted molar refractivity (Wildman–Crippen MR) is 144 cm³/mol. The Kier molecular flexibility index (Phi) is 8.21. The summed E-state index contributed by atoms with van der Waals surface area (Å²) in [4.78, 5) is 32.1. The van der Waals surface area contributed by atoms with Gasteiger partial charge in [0.15, 0.2) is 16.3 Å². The lowest BCUT2D eigenvalue weighted by Crippen LogP contribution is -2.40. The Morgan fingerprint density at radius 1 is 1.00 bits per heavy atom. The van der Waals surface area contributed by atoms with Crippen LogP contribution in [0.1, 0.15) is 37.9 Å². The van der Waals surface area contributed by atoms with Crippen LogP contribution in [0, 0.1) is 0 Å². The van der Waals surface area contributed by atoms with Crippen LogP contribution in [0.3, 0.4) is 0 Å². The molecule has 3 aromatic rings. The second-order valence-corrected chi connectivity index (χ2v) is 9.26. The van der Waals surface area contributed by atoms with Crippen LogP contribution in [0.4, 0.5) is 0 Å². The summed E-state index contributed by atoms with van der Waals surface area (Å²) in [6.07, 6.45) is 1.77. The SMILES string of the molecule is CCOC(=O)C1=C(C)N=c2s/c(=C\c3ccc(OCC)c(OC)c3)c(=O)n2[C@H]1c1ccc(OC)cc1OC. The highest BCUT2D eigenvalue weighted by atomic mass is 32.1. The highest BCUT2D eigenvalue weighted by Crippen LogP contribution is 2.37. The Balaban J connectivity index is 1.94. The van der Waals surface area contributed by atoms with E-state index in [4.69, 9.17) is 23.7 Å². The van der Waals surface area contributed by atoms with Gasteiger partial charge >= 0.3 is 5.97 Å². The van der Waals surface area contributed by atoms with Crippen LogP contribution in [-0.2, 0) is 9.53 Å². The van der Waals surface area contributed by atoms with E-state index in [1.807, 2.05) is 19.1 Å². The molecule has 0 N–H and O–H groups in total. The molecule has 1 aliphatic heterocycles. The number of benzene rings is 2. The molecule has 38 heavy (non-hydrogen) atoms. The van der Waals surface area contributed by atoms with Crippen LogP contribution in [0.5, 0.6) is 23.0 Å². The van der Waals surface area contributed by atoms with Crippen LogP contribution in [-0.4, -0.2) is 45.1 Å². The van der Waals surface area contributed by atoms with Crippen molar-refractivity contribution in [3.8, 4) is 23.0 Å². The number of hydrogen-bond acceptors (Lipinski definition) is 9. The average molecular weight is 539 g/mol. The lowest BCUT2D eigenvalue weighted by atomic mass is 9.95. The number of allylic oxidation sites excluding steroid dienone is 1. The molecular weight excluding hydrogens is 508 g/mol. The standard InChI is InChI=1S/C28H30N2O7S/c1-7-36-20-12-9-17(13-22(20)35-6)14-23-26(31)30-25(19-11-10-18(33-4)15-21(19)34-5)24(27(32)37-8-2)16(3)29-28(30)38-23/h9-15,25H,7-8H2,1-6H3/b23-14-/t25-/m0/s1. The van der Waals surface area contributed by atoms with Gasteiger partial charge in [-0.25, -0.2) is 9.79 Å². The molecule has 1 aliphatic rings. The first kappa shape index (κ1) is 27.0. The third-order valence-corrected chi connectivity index (χ3v) is 7.02. The summed E-state index contributed by atoms with van der Waals surface area (Å²) >= 11 is 1.24. The van der Waals surface area contributed by atoms with E-state index in [-0.39, 0.29) is 17.7 Å². The fraction of sp³-hybridized carbons (Fsp3) is 0.321. The molecule has 9 nitrogen and oxygen atoms in total. The first-order valence-corrected chi connectivity index (χ1v) is 12.9. The average Bonchev–Trinajstić information content (AvgIpc) is 3.22. The minimum atomic E-state index is -0.803. The first-order valence-electron chi connectivity index (χ1n) is 12.1. The Bertz CT molecular complexity index is 1570. The van der Waals surface area contributed by atoms with Crippen molar-refractivity contribution in [2.24, 2.45) is 4.99 Å². The zero-order valence-electron chi connectivity index (χ0n) is 22.2. The number of nitrogens with zero attached hydrogens (tertiary/aromatic N) is 2. The van der Waals surface area contributed by atoms with Crippen LogP contribution in [0.2, 0.25) is 0 Å². The van der Waals surface area contributed by atoms with Crippen molar-refractivity contribution in [3.05, 3.63) is 78.5 Å². The molecule has 0 bridgehead atoms. The van der Waals surface area contributed by atoms with Gasteiger partial charge in [-0.3, -0.25) is 9.36 Å². The molecule has 10 heteroatoms. The summed E-state index contributed by atoms with van der Waals surface area (Å²) in [5.41, 5.74) is 1.83.